The second-order valence-corrected chi connectivity index (χ2v) is 7.48. The Morgan fingerprint density at radius 3 is 2.37 bits per heavy atom. The lowest BCUT2D eigenvalue weighted by Crippen LogP contribution is -2.37. The number of nitrogens with zero attached hydrogens (tertiary/aromatic N) is 2. The first kappa shape index (κ1) is 21.5. The molecule has 0 spiro atoms. The number of hydrogen-bond acceptors (Lipinski definition) is 5. The number of para-hydroxylation sites is 1. The molecule has 2 aromatic carbocycles. The van der Waals surface area contributed by atoms with Gasteiger partial charge in [-0.2, -0.15) is 0 Å². The third-order valence-corrected chi connectivity index (χ3v) is 5.17. The van der Waals surface area contributed by atoms with E-state index in [-0.39, 0.29) is 28.9 Å². The number of aromatic hydroxyl groups is 2. The van der Waals surface area contributed by atoms with E-state index in [0.717, 1.165) is 11.3 Å². The van der Waals surface area contributed by atoms with Crippen LogP contribution >= 0.6 is 0 Å². The Morgan fingerprint density at radius 1 is 0.967 bits per heavy atom. The predicted octanol–water partition coefficient (Wildman–Crippen LogP) is 2.94. The van der Waals surface area contributed by atoms with E-state index in [2.05, 4.69) is 0 Å². The Labute approximate surface area is 176 Å². The summed E-state index contributed by atoms with van der Waals surface area (Å²) in [6.45, 7) is 4.48. The second-order valence-electron chi connectivity index (χ2n) is 7.48. The van der Waals surface area contributed by atoms with Crippen molar-refractivity contribution in [2.24, 2.45) is 0 Å². The molecule has 2 amide bonds. The molecule has 0 bridgehead atoms. The lowest BCUT2D eigenvalue weighted by atomic mass is 10.1. The fourth-order valence-corrected chi connectivity index (χ4v) is 3.55. The maximum Gasteiger partial charge on any atom is 0.254 e. The van der Waals surface area contributed by atoms with Crippen LogP contribution in [-0.4, -0.2) is 64.6 Å². The smallest absolute Gasteiger partial charge is 0.254 e. The zero-order valence-electron chi connectivity index (χ0n) is 17.2. The molecule has 1 aliphatic heterocycles. The van der Waals surface area contributed by atoms with Gasteiger partial charge in [-0.1, -0.05) is 18.2 Å². The van der Waals surface area contributed by atoms with E-state index in [9.17, 15) is 19.8 Å². The summed E-state index contributed by atoms with van der Waals surface area (Å²) in [5.74, 6) is 0.331. The van der Waals surface area contributed by atoms with Gasteiger partial charge in [0.1, 0.15) is 17.2 Å². The summed E-state index contributed by atoms with van der Waals surface area (Å²) in [5.41, 5.74) is 1.31. The second kappa shape index (κ2) is 10.0. The summed E-state index contributed by atoms with van der Waals surface area (Å²) in [6.07, 6.45) is 1.72. The van der Waals surface area contributed by atoms with Crippen molar-refractivity contribution in [3.63, 3.8) is 0 Å². The van der Waals surface area contributed by atoms with E-state index in [1.54, 1.807) is 9.80 Å². The molecule has 0 unspecified atom stereocenters. The van der Waals surface area contributed by atoms with E-state index >= 15 is 0 Å². The minimum atomic E-state index is -0.262. The van der Waals surface area contributed by atoms with E-state index in [0.29, 0.717) is 52.0 Å². The van der Waals surface area contributed by atoms with Gasteiger partial charge in [0.15, 0.2) is 0 Å². The van der Waals surface area contributed by atoms with E-state index in [4.69, 9.17) is 4.74 Å². The molecule has 2 N–H and O–H groups in total. The van der Waals surface area contributed by atoms with Crippen molar-refractivity contribution in [1.82, 2.24) is 9.80 Å². The van der Waals surface area contributed by atoms with Gasteiger partial charge in [0.05, 0.1) is 6.61 Å². The number of rotatable bonds is 6. The number of carbonyl (C=O) groups is 2. The van der Waals surface area contributed by atoms with Crippen molar-refractivity contribution in [1.29, 1.82) is 0 Å². The first-order chi connectivity index (χ1) is 14.4. The maximum absolute atomic E-state index is 12.7. The lowest BCUT2D eigenvalue weighted by Gasteiger charge is -2.22. The van der Waals surface area contributed by atoms with Crippen LogP contribution in [0.5, 0.6) is 17.2 Å². The molecule has 7 nitrogen and oxygen atoms in total. The van der Waals surface area contributed by atoms with Crippen molar-refractivity contribution >= 4 is 11.8 Å². The Hall–Kier alpha value is -3.22. The standard InChI is InChI=1S/C23H28N2O5/c1-17-6-2-3-7-21(17)30-13-4-8-22(28)24-9-5-10-25(12-11-24)23(29)18-14-19(26)16-20(27)15-18/h2-3,6-7,14-16,26-27H,4-5,8-13H2,1H3. The average molecular weight is 412 g/mol. The fraction of sp³-hybridized carbons (Fsp3) is 0.391. The molecule has 7 heteroatoms. The number of amides is 2. The highest BCUT2D eigenvalue weighted by atomic mass is 16.5. The van der Waals surface area contributed by atoms with Gasteiger partial charge in [0.2, 0.25) is 5.91 Å². The van der Waals surface area contributed by atoms with Crippen LogP contribution in [0.2, 0.25) is 0 Å². The number of phenolic OH excluding ortho intramolecular Hbond substituents is 2. The Morgan fingerprint density at radius 2 is 1.63 bits per heavy atom. The molecule has 1 saturated heterocycles. The summed E-state index contributed by atoms with van der Waals surface area (Å²) in [4.78, 5) is 28.7. The molecule has 3 rings (SSSR count). The number of ether oxygens (including phenoxy) is 1. The van der Waals surface area contributed by atoms with Gasteiger partial charge >= 0.3 is 0 Å². The number of aryl methyl sites for hydroxylation is 1. The molecule has 0 aliphatic carbocycles. The third kappa shape index (κ3) is 5.65. The highest BCUT2D eigenvalue weighted by Crippen LogP contribution is 2.22. The van der Waals surface area contributed by atoms with E-state index in [1.165, 1.54) is 18.2 Å². The van der Waals surface area contributed by atoms with Gasteiger partial charge in [-0.3, -0.25) is 9.59 Å². The normalized spacial score (nSPS) is 14.3. The topological polar surface area (TPSA) is 90.3 Å². The molecule has 1 aliphatic rings. The zero-order valence-corrected chi connectivity index (χ0v) is 17.2. The molecule has 0 atom stereocenters. The molecular weight excluding hydrogens is 384 g/mol. The molecule has 2 aromatic rings. The van der Waals surface area contributed by atoms with Crippen LogP contribution in [0.4, 0.5) is 0 Å². The highest BCUT2D eigenvalue weighted by molar-refractivity contribution is 5.95. The molecular formula is C23H28N2O5. The van der Waals surface area contributed by atoms with Crippen LogP contribution in [-0.2, 0) is 4.79 Å². The predicted molar refractivity (Wildman–Crippen MR) is 113 cm³/mol. The van der Waals surface area contributed by atoms with Crippen molar-refractivity contribution in [3.05, 3.63) is 53.6 Å². The van der Waals surface area contributed by atoms with Crippen LogP contribution in [0.15, 0.2) is 42.5 Å². The average Bonchev–Trinajstić information content (AvgIpc) is 2.97. The molecule has 30 heavy (non-hydrogen) atoms. The molecule has 0 radical (unpaired) electrons. The number of carbonyl (C=O) groups excluding carboxylic acids is 2. The van der Waals surface area contributed by atoms with Crippen LogP contribution in [0.3, 0.4) is 0 Å². The summed E-state index contributed by atoms with van der Waals surface area (Å²) >= 11 is 0. The summed E-state index contributed by atoms with van der Waals surface area (Å²) in [7, 11) is 0. The van der Waals surface area contributed by atoms with Crippen LogP contribution < -0.4 is 4.74 Å². The summed E-state index contributed by atoms with van der Waals surface area (Å²) < 4.78 is 5.75. The Kier molecular flexibility index (Phi) is 7.17. The van der Waals surface area contributed by atoms with Crippen molar-refractivity contribution in [2.75, 3.05) is 32.8 Å². The largest absolute Gasteiger partial charge is 0.508 e. The quantitative estimate of drug-likeness (QED) is 0.712. The maximum atomic E-state index is 12.7. The monoisotopic (exact) mass is 412 g/mol. The van der Waals surface area contributed by atoms with Gasteiger partial charge in [-0.25, -0.2) is 0 Å². The van der Waals surface area contributed by atoms with Crippen LogP contribution in [0.1, 0.15) is 35.2 Å². The first-order valence-electron chi connectivity index (χ1n) is 10.2. The minimum Gasteiger partial charge on any atom is -0.508 e. The molecule has 0 saturated carbocycles. The lowest BCUT2D eigenvalue weighted by molar-refractivity contribution is -0.131. The molecule has 160 valence electrons. The van der Waals surface area contributed by atoms with Gasteiger partial charge in [-0.05, 0) is 43.5 Å². The molecule has 0 aromatic heterocycles. The molecule has 1 heterocycles. The van der Waals surface area contributed by atoms with Gasteiger partial charge in [0, 0.05) is 44.2 Å². The number of phenols is 2. The van der Waals surface area contributed by atoms with Gasteiger partial charge < -0.3 is 24.7 Å². The molecule has 1 fully saturated rings. The van der Waals surface area contributed by atoms with Crippen molar-refractivity contribution in [3.8, 4) is 17.2 Å². The SMILES string of the molecule is Cc1ccccc1OCCCC(=O)N1CCCN(C(=O)c2cc(O)cc(O)c2)CC1. The highest BCUT2D eigenvalue weighted by Gasteiger charge is 2.23. The Balaban J connectivity index is 1.46. The summed E-state index contributed by atoms with van der Waals surface area (Å²) in [6, 6.07) is 11.7. The van der Waals surface area contributed by atoms with Crippen LogP contribution in [0.25, 0.3) is 0 Å². The third-order valence-electron chi connectivity index (χ3n) is 5.17. The van der Waals surface area contributed by atoms with Crippen molar-refractivity contribution < 1.29 is 24.5 Å². The number of hydrogen-bond donors (Lipinski definition) is 2. The van der Waals surface area contributed by atoms with E-state index < -0.39 is 0 Å². The Bertz CT molecular complexity index is 879. The fourth-order valence-electron chi connectivity index (χ4n) is 3.55. The van der Waals surface area contributed by atoms with Gasteiger partial charge in [0.25, 0.3) is 5.91 Å². The zero-order chi connectivity index (χ0) is 21.5. The van der Waals surface area contributed by atoms with E-state index in [1.807, 2.05) is 31.2 Å². The van der Waals surface area contributed by atoms with Crippen LogP contribution in [0, 0.1) is 6.92 Å². The van der Waals surface area contributed by atoms with Gasteiger partial charge in [-0.15, -0.1) is 0 Å². The van der Waals surface area contributed by atoms with Crippen molar-refractivity contribution in [2.45, 2.75) is 26.2 Å². The summed E-state index contributed by atoms with van der Waals surface area (Å²) in [5, 5.41) is 19.2. The first-order valence-corrected chi connectivity index (χ1v) is 10.2. The number of benzene rings is 2. The minimum absolute atomic E-state index is 0.0627.